The number of nitrogens with one attached hydrogen (secondary N) is 1. The topological polar surface area (TPSA) is 38.1 Å². The second kappa shape index (κ2) is 7.69. The lowest BCUT2D eigenvalue weighted by molar-refractivity contribution is 0.456. The minimum atomic E-state index is -0.557. The van der Waals surface area contributed by atoms with E-state index in [9.17, 15) is 0 Å². The highest BCUT2D eigenvalue weighted by Gasteiger charge is 2.37. The molecule has 0 saturated heterocycles. The Morgan fingerprint density at radius 2 is 1.25 bits per heavy atom. The van der Waals surface area contributed by atoms with Gasteiger partial charge in [0.2, 0.25) is 0 Å². The van der Waals surface area contributed by atoms with Gasteiger partial charge in [0, 0.05) is 17.1 Å². The fourth-order valence-electron chi connectivity index (χ4n) is 4.80. The summed E-state index contributed by atoms with van der Waals surface area (Å²) in [5.41, 5.74) is 6.19. The van der Waals surface area contributed by atoms with Gasteiger partial charge >= 0.3 is 0 Å². The lowest BCUT2D eigenvalue weighted by Gasteiger charge is -2.38. The molecule has 0 radical (unpaired) electrons. The summed E-state index contributed by atoms with van der Waals surface area (Å²) in [5, 5.41) is 9.17. The van der Waals surface area contributed by atoms with Gasteiger partial charge in [0.1, 0.15) is 5.54 Å². The van der Waals surface area contributed by atoms with Crippen molar-refractivity contribution >= 4 is 16.7 Å². The van der Waals surface area contributed by atoms with Crippen molar-refractivity contribution < 1.29 is 4.52 Å². The number of hydrogen-bond acceptors (Lipinski definition) is 3. The van der Waals surface area contributed by atoms with Gasteiger partial charge in [-0.3, -0.25) is 0 Å². The maximum absolute atomic E-state index is 5.62. The van der Waals surface area contributed by atoms with Crippen molar-refractivity contribution in [1.82, 2.24) is 5.16 Å². The second-order valence-corrected chi connectivity index (χ2v) is 8.55. The molecule has 0 amide bonds. The molecule has 1 heterocycles. The number of rotatable bonds is 6. The van der Waals surface area contributed by atoms with Crippen LogP contribution in [0.4, 0.5) is 5.69 Å². The summed E-state index contributed by atoms with van der Waals surface area (Å²) in [6, 6.07) is 36.4. The zero-order valence-electron chi connectivity index (χ0n) is 17.7. The second-order valence-electron chi connectivity index (χ2n) is 8.55. The van der Waals surface area contributed by atoms with Crippen molar-refractivity contribution in [3.8, 4) is 0 Å². The largest absolute Gasteiger partial charge is 0.368 e. The Balaban J connectivity index is 1.60. The van der Waals surface area contributed by atoms with Gasteiger partial charge in [0.25, 0.3) is 0 Å². The molecular weight excluding hydrogens is 392 g/mol. The highest BCUT2D eigenvalue weighted by molar-refractivity contribution is 5.85. The number of fused-ring (bicyclic) bond motifs is 1. The maximum Gasteiger partial charge on any atom is 0.169 e. The predicted octanol–water partition coefficient (Wildman–Crippen LogP) is 7.11. The van der Waals surface area contributed by atoms with Crippen LogP contribution in [0.2, 0.25) is 0 Å². The molecule has 0 atom stereocenters. The van der Waals surface area contributed by atoms with Crippen molar-refractivity contribution in [1.29, 1.82) is 0 Å². The van der Waals surface area contributed by atoms with E-state index < -0.39 is 5.54 Å². The molecule has 156 valence electrons. The molecule has 3 heteroatoms. The van der Waals surface area contributed by atoms with Crippen LogP contribution in [0.25, 0.3) is 11.0 Å². The van der Waals surface area contributed by atoms with Crippen LogP contribution >= 0.6 is 0 Å². The molecule has 1 aliphatic rings. The van der Waals surface area contributed by atoms with Crippen molar-refractivity contribution in [2.24, 2.45) is 0 Å². The quantitative estimate of drug-likeness (QED) is 0.300. The molecule has 0 bridgehead atoms. The number of aromatic nitrogens is 1. The molecule has 4 aromatic carbocycles. The first kappa shape index (κ1) is 18.9. The van der Waals surface area contributed by atoms with E-state index in [2.05, 4.69) is 114 Å². The molecule has 5 aromatic rings. The van der Waals surface area contributed by atoms with Gasteiger partial charge in [-0.25, -0.2) is 0 Å². The Bertz CT molecular complexity index is 1240. The Morgan fingerprint density at radius 3 is 1.75 bits per heavy atom. The minimum Gasteiger partial charge on any atom is -0.368 e. The molecule has 1 aromatic heterocycles. The molecule has 6 rings (SSSR count). The molecule has 0 spiro atoms. The smallest absolute Gasteiger partial charge is 0.169 e. The van der Waals surface area contributed by atoms with Crippen molar-refractivity contribution in [3.05, 3.63) is 132 Å². The third-order valence-electron chi connectivity index (χ3n) is 6.48. The van der Waals surface area contributed by atoms with Crippen LogP contribution in [-0.2, 0) is 5.54 Å². The molecule has 1 fully saturated rings. The zero-order valence-corrected chi connectivity index (χ0v) is 17.7. The summed E-state index contributed by atoms with van der Waals surface area (Å²) >= 11 is 0. The summed E-state index contributed by atoms with van der Waals surface area (Å²) in [5.74, 6) is 0.596. The third-order valence-corrected chi connectivity index (χ3v) is 6.48. The Kier molecular flexibility index (Phi) is 4.53. The summed E-state index contributed by atoms with van der Waals surface area (Å²) < 4.78 is 5.62. The highest BCUT2D eigenvalue weighted by atomic mass is 16.5. The van der Waals surface area contributed by atoms with Crippen molar-refractivity contribution in [2.45, 2.75) is 24.3 Å². The van der Waals surface area contributed by atoms with Crippen LogP contribution in [0.5, 0.6) is 0 Å². The van der Waals surface area contributed by atoms with E-state index in [0.717, 1.165) is 16.7 Å². The van der Waals surface area contributed by atoms with Gasteiger partial charge in [0.05, 0.1) is 6.20 Å². The van der Waals surface area contributed by atoms with Crippen molar-refractivity contribution in [2.75, 3.05) is 5.32 Å². The van der Waals surface area contributed by atoms with Gasteiger partial charge in [0.15, 0.2) is 5.58 Å². The fourth-order valence-corrected chi connectivity index (χ4v) is 4.80. The summed E-state index contributed by atoms with van der Waals surface area (Å²) in [6.07, 6.45) is 4.31. The Hall–Kier alpha value is -3.85. The van der Waals surface area contributed by atoms with Crippen molar-refractivity contribution in [3.63, 3.8) is 0 Å². The van der Waals surface area contributed by atoms with Gasteiger partial charge in [-0.05, 0) is 47.1 Å². The number of hydrogen-bond donors (Lipinski definition) is 1. The molecular formula is C29H24N2O. The zero-order chi connectivity index (χ0) is 21.4. The minimum absolute atomic E-state index is 0.557. The lowest BCUT2D eigenvalue weighted by atomic mass is 9.76. The van der Waals surface area contributed by atoms with E-state index in [1.165, 1.54) is 35.1 Å². The number of nitrogens with zero attached hydrogens (tertiary/aromatic N) is 1. The first-order valence-electron chi connectivity index (χ1n) is 11.2. The van der Waals surface area contributed by atoms with E-state index in [1.807, 2.05) is 6.20 Å². The van der Waals surface area contributed by atoms with E-state index >= 15 is 0 Å². The number of benzene rings is 4. The van der Waals surface area contributed by atoms with Crippen LogP contribution in [0.1, 0.15) is 41.0 Å². The molecule has 3 nitrogen and oxygen atoms in total. The lowest BCUT2D eigenvalue weighted by Crippen LogP contribution is -2.38. The van der Waals surface area contributed by atoms with Crippen LogP contribution < -0.4 is 5.32 Å². The van der Waals surface area contributed by atoms with Gasteiger partial charge < -0.3 is 9.84 Å². The molecule has 1 aliphatic carbocycles. The highest BCUT2D eigenvalue weighted by Crippen LogP contribution is 2.46. The molecule has 0 unspecified atom stereocenters. The Morgan fingerprint density at radius 1 is 0.719 bits per heavy atom. The molecule has 32 heavy (non-hydrogen) atoms. The summed E-state index contributed by atoms with van der Waals surface area (Å²) in [7, 11) is 0. The molecule has 1 N–H and O–H groups in total. The molecule has 0 aliphatic heterocycles. The van der Waals surface area contributed by atoms with Crippen LogP contribution in [-0.4, -0.2) is 5.16 Å². The number of anilines is 1. The van der Waals surface area contributed by atoms with Gasteiger partial charge in [-0.15, -0.1) is 0 Å². The van der Waals surface area contributed by atoms with E-state index in [-0.39, 0.29) is 0 Å². The molecule has 1 saturated carbocycles. The van der Waals surface area contributed by atoms with Crippen LogP contribution in [0, 0.1) is 0 Å². The van der Waals surface area contributed by atoms with Crippen LogP contribution in [0.3, 0.4) is 0 Å². The normalized spacial score (nSPS) is 13.9. The third kappa shape index (κ3) is 3.18. The van der Waals surface area contributed by atoms with E-state index in [1.54, 1.807) is 0 Å². The van der Waals surface area contributed by atoms with Crippen LogP contribution in [0.15, 0.2) is 114 Å². The van der Waals surface area contributed by atoms with E-state index in [4.69, 9.17) is 4.52 Å². The summed E-state index contributed by atoms with van der Waals surface area (Å²) in [6.45, 7) is 0. The maximum atomic E-state index is 5.62. The Labute approximate surface area is 187 Å². The predicted molar refractivity (Wildman–Crippen MR) is 129 cm³/mol. The fraction of sp³-hybridized carbons (Fsp3) is 0.138. The first-order chi connectivity index (χ1) is 15.8. The SMILES string of the molecule is c1ccc(C(Nc2cc(C3CC3)c3cnoc3c2)(c2ccccc2)c2ccccc2)cc1. The standard InChI is InChI=1S/C29H24N2O/c1-4-10-22(11-5-1)29(23-12-6-2-7-13-23,24-14-8-3-9-15-24)31-25-18-26(21-16-17-21)27-20-30-32-28(27)19-25/h1-15,18-21,31H,16-17H2. The van der Waals surface area contributed by atoms with E-state index in [0.29, 0.717) is 5.92 Å². The average molecular weight is 417 g/mol. The first-order valence-corrected chi connectivity index (χ1v) is 11.2. The summed E-state index contributed by atoms with van der Waals surface area (Å²) in [4.78, 5) is 0. The van der Waals surface area contributed by atoms with Gasteiger partial charge in [-0.2, -0.15) is 0 Å². The average Bonchev–Trinajstić information content (AvgIpc) is 3.60. The van der Waals surface area contributed by atoms with Gasteiger partial charge in [-0.1, -0.05) is 96.2 Å². The monoisotopic (exact) mass is 416 g/mol.